The molecule has 78 valence electrons. The molecule has 1 aliphatic rings. The van der Waals surface area contributed by atoms with Crippen LogP contribution in [0.4, 0.5) is 0 Å². The lowest BCUT2D eigenvalue weighted by Gasteiger charge is -2.13. The number of hydrogen-bond acceptors (Lipinski definition) is 3. The second-order valence-corrected chi connectivity index (χ2v) is 3.23. The zero-order chi connectivity index (χ0) is 9.80. The summed E-state index contributed by atoms with van der Waals surface area (Å²) in [6.45, 7) is 1.95. The SMILES string of the molecule is Cl.N#Cc1ccc(C2=CCNCC2)cn1. The van der Waals surface area contributed by atoms with Gasteiger partial charge in [-0.25, -0.2) is 4.98 Å². The molecule has 15 heavy (non-hydrogen) atoms. The maximum atomic E-state index is 8.60. The Hall–Kier alpha value is -1.37. The Kier molecular flexibility index (Phi) is 4.29. The average molecular weight is 222 g/mol. The Morgan fingerprint density at radius 3 is 2.80 bits per heavy atom. The lowest BCUT2D eigenvalue weighted by Crippen LogP contribution is -2.20. The first-order valence-corrected chi connectivity index (χ1v) is 4.66. The number of halogens is 1. The van der Waals surface area contributed by atoms with Crippen LogP contribution >= 0.6 is 12.4 Å². The molecule has 0 spiro atoms. The van der Waals surface area contributed by atoms with E-state index in [1.807, 2.05) is 12.1 Å². The van der Waals surface area contributed by atoms with Gasteiger partial charge in [0.2, 0.25) is 0 Å². The van der Waals surface area contributed by atoms with Crippen LogP contribution in [-0.4, -0.2) is 18.1 Å². The third-order valence-electron chi connectivity index (χ3n) is 2.31. The van der Waals surface area contributed by atoms with Gasteiger partial charge < -0.3 is 5.32 Å². The Bertz CT molecular complexity index is 389. The minimum absolute atomic E-state index is 0. The molecule has 1 N–H and O–H groups in total. The first-order chi connectivity index (χ1) is 6.90. The molecule has 1 aromatic heterocycles. The van der Waals surface area contributed by atoms with E-state index in [4.69, 9.17) is 5.26 Å². The zero-order valence-electron chi connectivity index (χ0n) is 8.23. The van der Waals surface area contributed by atoms with E-state index < -0.39 is 0 Å². The minimum atomic E-state index is 0. The van der Waals surface area contributed by atoms with E-state index in [-0.39, 0.29) is 12.4 Å². The number of nitrogens with zero attached hydrogens (tertiary/aromatic N) is 2. The summed E-state index contributed by atoms with van der Waals surface area (Å²) in [5, 5.41) is 11.9. The highest BCUT2D eigenvalue weighted by Crippen LogP contribution is 2.18. The smallest absolute Gasteiger partial charge is 0.140 e. The highest BCUT2D eigenvalue weighted by atomic mass is 35.5. The van der Waals surface area contributed by atoms with Crippen LogP contribution in [0.3, 0.4) is 0 Å². The molecule has 0 aliphatic carbocycles. The van der Waals surface area contributed by atoms with Gasteiger partial charge in [-0.3, -0.25) is 0 Å². The van der Waals surface area contributed by atoms with Gasteiger partial charge in [-0.2, -0.15) is 5.26 Å². The predicted molar refractivity (Wildman–Crippen MR) is 61.7 cm³/mol. The molecule has 0 atom stereocenters. The van der Waals surface area contributed by atoms with Crippen molar-refractivity contribution < 1.29 is 0 Å². The van der Waals surface area contributed by atoms with E-state index in [9.17, 15) is 0 Å². The van der Waals surface area contributed by atoms with Crippen LogP contribution in [0.1, 0.15) is 17.7 Å². The maximum absolute atomic E-state index is 8.60. The molecular formula is C11H12ClN3. The summed E-state index contributed by atoms with van der Waals surface area (Å²) >= 11 is 0. The van der Waals surface area contributed by atoms with Crippen LogP contribution in [0.25, 0.3) is 5.57 Å². The number of rotatable bonds is 1. The second-order valence-electron chi connectivity index (χ2n) is 3.23. The summed E-state index contributed by atoms with van der Waals surface area (Å²) in [6, 6.07) is 5.74. The summed E-state index contributed by atoms with van der Waals surface area (Å²) in [4.78, 5) is 4.05. The van der Waals surface area contributed by atoms with Crippen molar-refractivity contribution in [1.29, 1.82) is 5.26 Å². The van der Waals surface area contributed by atoms with Gasteiger partial charge in [-0.1, -0.05) is 12.1 Å². The Balaban J connectivity index is 0.00000112. The summed E-state index contributed by atoms with van der Waals surface area (Å²) in [5.74, 6) is 0. The standard InChI is InChI=1S/C11H11N3.ClH/c12-7-11-2-1-10(8-14-11)9-3-5-13-6-4-9;/h1-3,8,13H,4-6H2;1H. The summed E-state index contributed by atoms with van der Waals surface area (Å²) in [5.41, 5.74) is 2.93. The Labute approximate surface area is 95.2 Å². The summed E-state index contributed by atoms with van der Waals surface area (Å²) < 4.78 is 0. The van der Waals surface area contributed by atoms with Crippen molar-refractivity contribution in [2.24, 2.45) is 0 Å². The van der Waals surface area contributed by atoms with Crippen LogP contribution in [0.5, 0.6) is 0 Å². The summed E-state index contributed by atoms with van der Waals surface area (Å²) in [6.07, 6.45) is 4.98. The van der Waals surface area contributed by atoms with Gasteiger partial charge in [0, 0.05) is 12.7 Å². The van der Waals surface area contributed by atoms with Crippen LogP contribution in [-0.2, 0) is 0 Å². The van der Waals surface area contributed by atoms with Crippen molar-refractivity contribution in [2.45, 2.75) is 6.42 Å². The van der Waals surface area contributed by atoms with Crippen molar-refractivity contribution >= 4 is 18.0 Å². The fourth-order valence-electron chi connectivity index (χ4n) is 1.53. The number of aromatic nitrogens is 1. The molecule has 0 fully saturated rings. The van der Waals surface area contributed by atoms with Crippen LogP contribution in [0, 0.1) is 11.3 Å². The highest BCUT2D eigenvalue weighted by Gasteiger charge is 2.05. The number of nitriles is 1. The van der Waals surface area contributed by atoms with E-state index in [2.05, 4.69) is 16.4 Å². The quantitative estimate of drug-likeness (QED) is 0.786. The molecule has 0 bridgehead atoms. The molecule has 0 aromatic carbocycles. The zero-order valence-corrected chi connectivity index (χ0v) is 9.05. The number of pyridine rings is 1. The van der Waals surface area contributed by atoms with Crippen molar-refractivity contribution in [3.8, 4) is 6.07 Å². The average Bonchev–Trinajstić information content (AvgIpc) is 2.30. The maximum Gasteiger partial charge on any atom is 0.140 e. The molecule has 0 saturated heterocycles. The first kappa shape index (κ1) is 11.7. The normalized spacial score (nSPS) is 14.7. The van der Waals surface area contributed by atoms with Gasteiger partial charge in [-0.15, -0.1) is 12.4 Å². The highest BCUT2D eigenvalue weighted by molar-refractivity contribution is 5.85. The van der Waals surface area contributed by atoms with Gasteiger partial charge in [0.15, 0.2) is 0 Å². The molecular weight excluding hydrogens is 210 g/mol. The van der Waals surface area contributed by atoms with Crippen molar-refractivity contribution in [3.63, 3.8) is 0 Å². The van der Waals surface area contributed by atoms with E-state index in [1.165, 1.54) is 5.57 Å². The van der Waals surface area contributed by atoms with Crippen molar-refractivity contribution in [1.82, 2.24) is 10.3 Å². The molecule has 1 aromatic rings. The molecule has 0 saturated carbocycles. The van der Waals surface area contributed by atoms with Gasteiger partial charge in [0.1, 0.15) is 11.8 Å². The monoisotopic (exact) mass is 221 g/mol. The molecule has 1 aliphatic heterocycles. The fourth-order valence-corrected chi connectivity index (χ4v) is 1.53. The second kappa shape index (κ2) is 5.50. The van der Waals surface area contributed by atoms with Crippen molar-refractivity contribution in [2.75, 3.05) is 13.1 Å². The summed E-state index contributed by atoms with van der Waals surface area (Å²) in [7, 11) is 0. The molecule has 0 unspecified atom stereocenters. The first-order valence-electron chi connectivity index (χ1n) is 4.66. The van der Waals surface area contributed by atoms with Gasteiger partial charge >= 0.3 is 0 Å². The van der Waals surface area contributed by atoms with Gasteiger partial charge in [0.05, 0.1) is 0 Å². The molecule has 3 nitrogen and oxygen atoms in total. The van der Waals surface area contributed by atoms with Crippen molar-refractivity contribution in [3.05, 3.63) is 35.7 Å². The lowest BCUT2D eigenvalue weighted by atomic mass is 10.0. The van der Waals surface area contributed by atoms with Gasteiger partial charge in [0.25, 0.3) is 0 Å². The number of nitrogens with one attached hydrogen (secondary N) is 1. The van der Waals surface area contributed by atoms with Crippen LogP contribution in [0.2, 0.25) is 0 Å². The Morgan fingerprint density at radius 2 is 2.27 bits per heavy atom. The molecule has 2 rings (SSSR count). The predicted octanol–water partition coefficient (Wildman–Crippen LogP) is 1.75. The van der Waals surface area contributed by atoms with Gasteiger partial charge in [-0.05, 0) is 30.2 Å². The van der Waals surface area contributed by atoms with E-state index in [1.54, 1.807) is 12.3 Å². The van der Waals surface area contributed by atoms with Crippen LogP contribution in [0.15, 0.2) is 24.4 Å². The van der Waals surface area contributed by atoms with Crippen LogP contribution < -0.4 is 5.32 Å². The third-order valence-corrected chi connectivity index (χ3v) is 2.31. The molecule has 0 radical (unpaired) electrons. The topological polar surface area (TPSA) is 48.7 Å². The molecule has 4 heteroatoms. The largest absolute Gasteiger partial charge is 0.313 e. The number of hydrogen-bond donors (Lipinski definition) is 1. The molecule has 0 amide bonds. The lowest BCUT2D eigenvalue weighted by molar-refractivity contribution is 0.738. The van der Waals surface area contributed by atoms with E-state index >= 15 is 0 Å². The Morgan fingerprint density at radius 1 is 1.40 bits per heavy atom. The third kappa shape index (κ3) is 2.79. The van der Waals surface area contributed by atoms with E-state index in [0.717, 1.165) is 25.1 Å². The minimum Gasteiger partial charge on any atom is -0.313 e. The van der Waals surface area contributed by atoms with E-state index in [0.29, 0.717) is 5.69 Å². The fraction of sp³-hybridized carbons (Fsp3) is 0.273. The molecule has 2 heterocycles.